The Morgan fingerprint density at radius 2 is 1.73 bits per heavy atom. The van der Waals surface area contributed by atoms with E-state index in [0.717, 1.165) is 30.3 Å². The van der Waals surface area contributed by atoms with Gasteiger partial charge in [-0.2, -0.15) is 0 Å². The van der Waals surface area contributed by atoms with Crippen molar-refractivity contribution in [1.29, 1.82) is 0 Å². The van der Waals surface area contributed by atoms with Crippen molar-refractivity contribution in [3.63, 3.8) is 0 Å². The van der Waals surface area contributed by atoms with E-state index in [1.54, 1.807) is 4.72 Å². The summed E-state index contributed by atoms with van der Waals surface area (Å²) in [5, 5.41) is 8.97. The molecule has 0 atom stereocenters. The maximum Gasteiger partial charge on any atom is 0.336 e. The second-order valence-corrected chi connectivity index (χ2v) is 6.69. The largest absolute Gasteiger partial charge is 0.478 e. The number of hydrogen-bond acceptors (Lipinski definition) is 3. The number of anilines is 1. The number of benzene rings is 2. The molecule has 0 saturated carbocycles. The molecule has 2 aromatic rings. The topological polar surface area (TPSA) is 83.5 Å². The van der Waals surface area contributed by atoms with Gasteiger partial charge in [0.2, 0.25) is 0 Å². The molecule has 9 heteroatoms. The second-order valence-electron chi connectivity index (χ2n) is 4.15. The maximum atomic E-state index is 13.5. The van der Waals surface area contributed by atoms with Crippen LogP contribution in [0.1, 0.15) is 10.4 Å². The quantitative estimate of drug-likeness (QED) is 0.837. The third-order valence-electron chi connectivity index (χ3n) is 2.68. The zero-order valence-corrected chi connectivity index (χ0v) is 13.1. The highest BCUT2D eigenvalue weighted by Gasteiger charge is 2.21. The van der Waals surface area contributed by atoms with E-state index in [-0.39, 0.29) is 10.0 Å². The smallest absolute Gasteiger partial charge is 0.336 e. The fourth-order valence-corrected chi connectivity index (χ4v) is 3.14. The van der Waals surface area contributed by atoms with E-state index in [1.165, 1.54) is 6.07 Å². The van der Waals surface area contributed by atoms with Crippen LogP contribution in [0.4, 0.5) is 14.5 Å². The van der Waals surface area contributed by atoms with Gasteiger partial charge in [-0.3, -0.25) is 4.72 Å². The summed E-state index contributed by atoms with van der Waals surface area (Å²) in [5.74, 6) is -3.51. The summed E-state index contributed by atoms with van der Waals surface area (Å²) >= 11 is 2.97. The van der Waals surface area contributed by atoms with E-state index >= 15 is 0 Å². The standard InChI is InChI=1S/C13H8BrF2NO4S/c14-9-5-4-7(6-8(9)13(18)19)22(20,21)17-12-10(15)2-1-3-11(12)16/h1-6,17H,(H,18,19). The molecule has 0 fully saturated rings. The van der Waals surface area contributed by atoms with E-state index in [9.17, 15) is 22.0 Å². The van der Waals surface area contributed by atoms with E-state index in [1.807, 2.05) is 0 Å². The van der Waals surface area contributed by atoms with Crippen LogP contribution in [-0.2, 0) is 10.0 Å². The van der Waals surface area contributed by atoms with E-state index < -0.39 is 38.2 Å². The van der Waals surface area contributed by atoms with Crippen LogP contribution >= 0.6 is 15.9 Å². The number of rotatable bonds is 4. The Balaban J connectivity index is 2.48. The van der Waals surface area contributed by atoms with Crippen LogP contribution in [0.25, 0.3) is 0 Å². The van der Waals surface area contributed by atoms with Crippen molar-refractivity contribution < 1.29 is 27.1 Å². The van der Waals surface area contributed by atoms with Crippen LogP contribution < -0.4 is 4.72 Å². The Hall–Kier alpha value is -2.00. The van der Waals surface area contributed by atoms with E-state index in [0.29, 0.717) is 0 Å². The van der Waals surface area contributed by atoms with Gasteiger partial charge in [0.25, 0.3) is 10.0 Å². The molecule has 2 aromatic carbocycles. The minimum Gasteiger partial charge on any atom is -0.478 e. The minimum absolute atomic E-state index is 0.177. The van der Waals surface area contributed by atoms with Crippen molar-refractivity contribution in [2.45, 2.75) is 4.90 Å². The number of carboxylic acid groups (broad SMARTS) is 1. The lowest BCUT2D eigenvalue weighted by molar-refractivity contribution is 0.0695. The molecule has 2 N–H and O–H groups in total. The molecule has 0 saturated heterocycles. The lowest BCUT2D eigenvalue weighted by atomic mass is 10.2. The number of aromatic carboxylic acids is 1. The summed E-state index contributed by atoms with van der Waals surface area (Å²) in [6.07, 6.45) is 0. The number of sulfonamides is 1. The lowest BCUT2D eigenvalue weighted by Gasteiger charge is -2.10. The van der Waals surface area contributed by atoms with Crippen LogP contribution in [0, 0.1) is 11.6 Å². The zero-order valence-electron chi connectivity index (χ0n) is 10.7. The summed E-state index contributed by atoms with van der Waals surface area (Å²) in [7, 11) is -4.35. The van der Waals surface area contributed by atoms with Gasteiger partial charge >= 0.3 is 5.97 Å². The average Bonchev–Trinajstić information content (AvgIpc) is 2.43. The highest BCUT2D eigenvalue weighted by molar-refractivity contribution is 9.10. The number of hydrogen-bond donors (Lipinski definition) is 2. The number of halogens is 3. The monoisotopic (exact) mass is 391 g/mol. The summed E-state index contributed by atoms with van der Waals surface area (Å²) in [5.41, 5.74) is -1.13. The van der Waals surface area contributed by atoms with Crippen molar-refractivity contribution in [3.8, 4) is 0 Å². The van der Waals surface area contributed by atoms with Crippen molar-refractivity contribution in [2.75, 3.05) is 4.72 Å². The summed E-state index contributed by atoms with van der Waals surface area (Å²) < 4.78 is 53.2. The molecule has 0 radical (unpaired) electrons. The Labute approximate surface area is 132 Å². The first-order valence-corrected chi connectivity index (χ1v) is 7.99. The van der Waals surface area contributed by atoms with Gasteiger partial charge in [0.1, 0.15) is 17.3 Å². The molecule has 0 aromatic heterocycles. The third-order valence-corrected chi connectivity index (χ3v) is 4.72. The zero-order chi connectivity index (χ0) is 16.5. The predicted molar refractivity (Wildman–Crippen MR) is 78.3 cm³/mol. The number of nitrogens with one attached hydrogen (secondary N) is 1. The first kappa shape index (κ1) is 16.4. The van der Waals surface area contributed by atoms with Crippen molar-refractivity contribution in [2.24, 2.45) is 0 Å². The molecule has 0 aliphatic rings. The second kappa shape index (κ2) is 6.01. The average molecular weight is 392 g/mol. The van der Waals surface area contributed by atoms with E-state index in [2.05, 4.69) is 15.9 Å². The predicted octanol–water partition coefficient (Wildman–Crippen LogP) is 3.23. The molecule has 0 heterocycles. The number of carbonyl (C=O) groups is 1. The van der Waals surface area contributed by atoms with Crippen LogP contribution in [-0.4, -0.2) is 19.5 Å². The van der Waals surface area contributed by atoms with Gasteiger partial charge in [-0.15, -0.1) is 0 Å². The van der Waals surface area contributed by atoms with Gasteiger partial charge in [0.15, 0.2) is 0 Å². The molecule has 0 amide bonds. The highest BCUT2D eigenvalue weighted by atomic mass is 79.9. The van der Waals surface area contributed by atoms with Crippen LogP contribution in [0.5, 0.6) is 0 Å². The van der Waals surface area contributed by atoms with E-state index in [4.69, 9.17) is 5.11 Å². The SMILES string of the molecule is O=C(O)c1cc(S(=O)(=O)Nc2c(F)cccc2F)ccc1Br. The fraction of sp³-hybridized carbons (Fsp3) is 0. The van der Waals surface area contributed by atoms with Gasteiger partial charge < -0.3 is 5.11 Å². The summed E-state index contributed by atoms with van der Waals surface area (Å²) in [6.45, 7) is 0. The van der Waals surface area contributed by atoms with Crippen LogP contribution in [0.15, 0.2) is 45.8 Å². The van der Waals surface area contributed by atoms with Gasteiger partial charge in [-0.05, 0) is 46.3 Å². The molecular weight excluding hydrogens is 384 g/mol. The van der Waals surface area contributed by atoms with Gasteiger partial charge in [0, 0.05) is 4.47 Å². The lowest BCUT2D eigenvalue weighted by Crippen LogP contribution is -2.16. The number of carboxylic acids is 1. The first-order valence-electron chi connectivity index (χ1n) is 5.72. The maximum absolute atomic E-state index is 13.5. The molecule has 0 unspecified atom stereocenters. The molecule has 22 heavy (non-hydrogen) atoms. The van der Waals surface area contributed by atoms with Crippen molar-refractivity contribution >= 4 is 37.6 Å². The Kier molecular flexibility index (Phi) is 4.47. The molecular formula is C13H8BrF2NO4S. The molecule has 0 bridgehead atoms. The summed E-state index contributed by atoms with van der Waals surface area (Å²) in [4.78, 5) is 10.6. The van der Waals surface area contributed by atoms with Crippen molar-refractivity contribution in [3.05, 3.63) is 58.1 Å². The van der Waals surface area contributed by atoms with Gasteiger partial charge in [-0.25, -0.2) is 22.0 Å². The Morgan fingerprint density at radius 3 is 2.27 bits per heavy atom. The molecule has 2 rings (SSSR count). The Morgan fingerprint density at radius 1 is 1.14 bits per heavy atom. The Bertz CT molecular complexity index is 835. The summed E-state index contributed by atoms with van der Waals surface area (Å²) in [6, 6.07) is 6.09. The molecule has 0 spiro atoms. The molecule has 5 nitrogen and oxygen atoms in total. The highest BCUT2D eigenvalue weighted by Crippen LogP contribution is 2.25. The third kappa shape index (κ3) is 3.25. The van der Waals surface area contributed by atoms with Crippen LogP contribution in [0.2, 0.25) is 0 Å². The minimum atomic E-state index is -4.35. The molecule has 116 valence electrons. The van der Waals surface area contributed by atoms with Gasteiger partial charge in [0.05, 0.1) is 10.5 Å². The van der Waals surface area contributed by atoms with Crippen molar-refractivity contribution in [1.82, 2.24) is 0 Å². The first-order chi connectivity index (χ1) is 10.2. The molecule has 0 aliphatic heterocycles. The van der Waals surface area contributed by atoms with Gasteiger partial charge in [-0.1, -0.05) is 6.07 Å². The van der Waals surface area contributed by atoms with Crippen LogP contribution in [0.3, 0.4) is 0 Å². The molecule has 0 aliphatic carbocycles. The number of para-hydroxylation sites is 1. The normalized spacial score (nSPS) is 11.2. The fourth-order valence-electron chi connectivity index (χ4n) is 1.62.